The van der Waals surface area contributed by atoms with Crippen LogP contribution in [-0.2, 0) is 0 Å². The molecule has 1 nitrogen and oxygen atoms in total. The Hall–Kier alpha value is -6.22. The molecular formula is C49H32OS. The van der Waals surface area contributed by atoms with Gasteiger partial charge in [0.15, 0.2) is 0 Å². The van der Waals surface area contributed by atoms with Gasteiger partial charge in [0.25, 0.3) is 0 Å². The largest absolute Gasteiger partial charge is 0.456 e. The van der Waals surface area contributed by atoms with Crippen molar-refractivity contribution in [1.82, 2.24) is 0 Å². The normalized spacial score (nSPS) is 12.2. The molecule has 2 heterocycles. The van der Waals surface area contributed by atoms with Gasteiger partial charge in [-0.15, -0.1) is 11.3 Å². The van der Waals surface area contributed by atoms with E-state index in [9.17, 15) is 0 Å². The molecule has 0 fully saturated rings. The third-order valence-corrected chi connectivity index (χ3v) is 11.5. The minimum Gasteiger partial charge on any atom is -0.456 e. The summed E-state index contributed by atoms with van der Waals surface area (Å²) in [4.78, 5) is 0. The zero-order valence-electron chi connectivity index (χ0n) is 27.8. The van der Waals surface area contributed by atoms with Crippen LogP contribution in [0.3, 0.4) is 0 Å². The highest BCUT2D eigenvalue weighted by Crippen LogP contribution is 2.41. The third kappa shape index (κ3) is 5.24. The number of hydrogen-bond acceptors (Lipinski definition) is 2. The van der Waals surface area contributed by atoms with Gasteiger partial charge in [0.2, 0.25) is 0 Å². The SMILES string of the molecule is c1ccc(-c2ccc(C(c3ccc(-c4ccc5oc6ccccc6c5c4)cc3)c3ccc(-c4cccc5c4sc4ccccc45)cc3)cc2)cc1. The number of rotatable bonds is 6. The van der Waals surface area contributed by atoms with Crippen LogP contribution < -0.4 is 0 Å². The van der Waals surface area contributed by atoms with Crippen LogP contribution in [0.5, 0.6) is 0 Å². The van der Waals surface area contributed by atoms with E-state index in [2.05, 4.69) is 176 Å². The monoisotopic (exact) mass is 668 g/mol. The Balaban J connectivity index is 1.04. The Morgan fingerprint density at radius 1 is 0.353 bits per heavy atom. The van der Waals surface area contributed by atoms with E-state index in [4.69, 9.17) is 4.42 Å². The summed E-state index contributed by atoms with van der Waals surface area (Å²) in [6, 6.07) is 68.3. The maximum atomic E-state index is 6.10. The van der Waals surface area contributed by atoms with Crippen LogP contribution in [0.15, 0.2) is 192 Å². The molecule has 1 atom stereocenters. The Labute approximate surface area is 300 Å². The van der Waals surface area contributed by atoms with Gasteiger partial charge in [-0.05, 0) is 74.3 Å². The molecule has 10 aromatic rings. The molecular weight excluding hydrogens is 637 g/mol. The minimum absolute atomic E-state index is 0.0818. The van der Waals surface area contributed by atoms with Crippen molar-refractivity contribution in [2.75, 3.05) is 0 Å². The van der Waals surface area contributed by atoms with Gasteiger partial charge >= 0.3 is 0 Å². The van der Waals surface area contributed by atoms with Crippen molar-refractivity contribution >= 4 is 53.4 Å². The lowest BCUT2D eigenvalue weighted by Crippen LogP contribution is -2.03. The average Bonchev–Trinajstić information content (AvgIpc) is 3.77. The fourth-order valence-corrected chi connectivity index (χ4v) is 8.92. The van der Waals surface area contributed by atoms with Gasteiger partial charge in [-0.1, -0.05) is 164 Å². The summed E-state index contributed by atoms with van der Waals surface area (Å²) < 4.78 is 8.78. The van der Waals surface area contributed by atoms with Crippen LogP contribution in [0.1, 0.15) is 22.6 Å². The zero-order chi connectivity index (χ0) is 33.7. The first kappa shape index (κ1) is 29.7. The summed E-state index contributed by atoms with van der Waals surface area (Å²) in [6.45, 7) is 0. The van der Waals surface area contributed by atoms with Gasteiger partial charge < -0.3 is 4.42 Å². The van der Waals surface area contributed by atoms with E-state index in [1.54, 1.807) is 0 Å². The Bertz CT molecular complexity index is 2820. The molecule has 0 spiro atoms. The quantitative estimate of drug-likeness (QED) is 0.161. The van der Waals surface area contributed by atoms with Crippen LogP contribution in [0, 0.1) is 0 Å². The number of furan rings is 1. The minimum atomic E-state index is 0.0818. The fourth-order valence-electron chi connectivity index (χ4n) is 7.68. The molecule has 0 saturated carbocycles. The van der Waals surface area contributed by atoms with Gasteiger partial charge in [0.05, 0.1) is 0 Å². The van der Waals surface area contributed by atoms with E-state index in [1.165, 1.54) is 70.2 Å². The third-order valence-electron chi connectivity index (χ3n) is 10.3. The zero-order valence-corrected chi connectivity index (χ0v) is 28.6. The molecule has 0 radical (unpaired) electrons. The fraction of sp³-hybridized carbons (Fsp3) is 0.0204. The Morgan fingerprint density at radius 2 is 0.882 bits per heavy atom. The second-order valence-corrected chi connectivity index (χ2v) is 14.3. The number of thiophene rings is 1. The number of benzene rings is 8. The van der Waals surface area contributed by atoms with Crippen LogP contribution in [0.25, 0.3) is 75.5 Å². The van der Waals surface area contributed by atoms with Crippen molar-refractivity contribution in [2.45, 2.75) is 5.92 Å². The van der Waals surface area contributed by atoms with E-state index in [0.717, 1.165) is 21.9 Å². The molecule has 240 valence electrons. The summed E-state index contributed by atoms with van der Waals surface area (Å²) in [5.74, 6) is 0.0818. The maximum absolute atomic E-state index is 6.10. The maximum Gasteiger partial charge on any atom is 0.135 e. The molecule has 2 aromatic heterocycles. The number of hydrogen-bond donors (Lipinski definition) is 0. The van der Waals surface area contributed by atoms with E-state index in [0.29, 0.717) is 0 Å². The lowest BCUT2D eigenvalue weighted by atomic mass is 9.83. The second kappa shape index (κ2) is 12.3. The molecule has 0 aliphatic heterocycles. The Morgan fingerprint density at radius 3 is 1.61 bits per heavy atom. The lowest BCUT2D eigenvalue weighted by molar-refractivity contribution is 0.669. The van der Waals surface area contributed by atoms with Gasteiger partial charge in [-0.3, -0.25) is 0 Å². The van der Waals surface area contributed by atoms with Crippen molar-refractivity contribution in [2.24, 2.45) is 0 Å². The van der Waals surface area contributed by atoms with Gasteiger partial charge in [0.1, 0.15) is 11.2 Å². The molecule has 51 heavy (non-hydrogen) atoms. The van der Waals surface area contributed by atoms with Crippen LogP contribution >= 0.6 is 11.3 Å². The standard InChI is InChI=1S/C49H32OS/c1-2-9-32(10-3-1)33-17-23-36(24-18-33)48(37-25-19-34(20-26-37)39-29-30-46-44(31-39)41-11-4-6-15-45(41)50-46)38-27-21-35(22-28-38)40-13-8-14-43-42-12-5-7-16-47(42)51-49(40)43/h1-31,48H. The lowest BCUT2D eigenvalue weighted by Gasteiger charge is -2.20. The molecule has 8 aromatic carbocycles. The van der Waals surface area contributed by atoms with Crippen molar-refractivity contribution in [3.8, 4) is 33.4 Å². The molecule has 0 N–H and O–H groups in total. The van der Waals surface area contributed by atoms with Crippen molar-refractivity contribution in [3.63, 3.8) is 0 Å². The average molecular weight is 669 g/mol. The predicted molar refractivity (Wildman–Crippen MR) is 217 cm³/mol. The molecule has 0 aliphatic rings. The van der Waals surface area contributed by atoms with Crippen LogP contribution in [0.4, 0.5) is 0 Å². The molecule has 1 unspecified atom stereocenters. The first-order chi connectivity index (χ1) is 25.3. The van der Waals surface area contributed by atoms with E-state index >= 15 is 0 Å². The summed E-state index contributed by atoms with van der Waals surface area (Å²) in [7, 11) is 0. The van der Waals surface area contributed by atoms with E-state index in [-0.39, 0.29) is 5.92 Å². The van der Waals surface area contributed by atoms with Crippen LogP contribution in [-0.4, -0.2) is 0 Å². The second-order valence-electron chi connectivity index (χ2n) is 13.3. The summed E-state index contributed by atoms with van der Waals surface area (Å²) >= 11 is 1.88. The highest BCUT2D eigenvalue weighted by atomic mass is 32.1. The van der Waals surface area contributed by atoms with Gasteiger partial charge in [-0.25, -0.2) is 0 Å². The molecule has 0 saturated heterocycles. The first-order valence-corrected chi connectivity index (χ1v) is 18.3. The first-order valence-electron chi connectivity index (χ1n) is 17.4. The summed E-state index contributed by atoms with van der Waals surface area (Å²) in [6.07, 6.45) is 0. The highest BCUT2D eigenvalue weighted by molar-refractivity contribution is 7.26. The van der Waals surface area contributed by atoms with Gasteiger partial charge in [0, 0.05) is 36.9 Å². The van der Waals surface area contributed by atoms with Crippen molar-refractivity contribution < 1.29 is 4.42 Å². The van der Waals surface area contributed by atoms with Crippen LogP contribution in [0.2, 0.25) is 0 Å². The number of para-hydroxylation sites is 1. The molecule has 0 aliphatic carbocycles. The smallest absolute Gasteiger partial charge is 0.135 e. The van der Waals surface area contributed by atoms with Crippen molar-refractivity contribution in [3.05, 3.63) is 205 Å². The highest BCUT2D eigenvalue weighted by Gasteiger charge is 2.19. The van der Waals surface area contributed by atoms with E-state index < -0.39 is 0 Å². The number of fused-ring (bicyclic) bond motifs is 6. The molecule has 10 rings (SSSR count). The van der Waals surface area contributed by atoms with Crippen molar-refractivity contribution in [1.29, 1.82) is 0 Å². The van der Waals surface area contributed by atoms with E-state index in [1.807, 2.05) is 23.5 Å². The molecule has 0 amide bonds. The van der Waals surface area contributed by atoms with Gasteiger partial charge in [-0.2, -0.15) is 0 Å². The Kier molecular flexibility index (Phi) is 7.14. The summed E-state index contributed by atoms with van der Waals surface area (Å²) in [5.41, 5.74) is 13.0. The predicted octanol–water partition coefficient (Wildman–Crippen LogP) is 14.1. The molecule has 2 heteroatoms. The molecule has 0 bridgehead atoms. The summed E-state index contributed by atoms with van der Waals surface area (Å²) in [5, 5.41) is 4.96. The topological polar surface area (TPSA) is 13.1 Å².